The van der Waals surface area contributed by atoms with Gasteiger partial charge in [-0.05, 0) is 49.4 Å². The molecule has 0 saturated heterocycles. The number of hydrogen-bond donors (Lipinski definition) is 2. The molecule has 0 radical (unpaired) electrons. The fourth-order valence-corrected chi connectivity index (χ4v) is 4.22. The molecular weight excluding hydrogens is 312 g/mol. The van der Waals surface area contributed by atoms with Crippen LogP contribution in [0.1, 0.15) is 19.3 Å². The van der Waals surface area contributed by atoms with Gasteiger partial charge in [0.2, 0.25) is 10.0 Å². The maximum Gasteiger partial charge on any atom is 0.240 e. The molecule has 8 heteroatoms. The van der Waals surface area contributed by atoms with Crippen molar-refractivity contribution in [3.05, 3.63) is 24.3 Å². The summed E-state index contributed by atoms with van der Waals surface area (Å²) >= 11 is 0. The summed E-state index contributed by atoms with van der Waals surface area (Å²) in [6, 6.07) is 5.37. The van der Waals surface area contributed by atoms with Gasteiger partial charge >= 0.3 is 0 Å². The normalized spacial score (nSPS) is 23.3. The minimum absolute atomic E-state index is 0.0668. The standard InChI is InChI=1S/C13H20N2O4S2/c1-20(16,17)12-4-6-13(7-5-12)21(18,19)15-9-10-2-3-11(14)8-10/h4-7,10-11,15H,2-3,8-9,14H2,1H3/t10-,11+/m0/s1. The van der Waals surface area contributed by atoms with Crippen molar-refractivity contribution in [2.75, 3.05) is 12.8 Å². The van der Waals surface area contributed by atoms with Crippen LogP contribution in [0.25, 0.3) is 0 Å². The Balaban J connectivity index is 2.05. The van der Waals surface area contributed by atoms with E-state index in [0.29, 0.717) is 6.54 Å². The summed E-state index contributed by atoms with van der Waals surface area (Å²) < 4.78 is 49.5. The average Bonchev–Trinajstić information content (AvgIpc) is 2.82. The summed E-state index contributed by atoms with van der Waals surface area (Å²) in [7, 11) is -6.94. The number of sulfonamides is 1. The SMILES string of the molecule is CS(=O)(=O)c1ccc(S(=O)(=O)NC[C@H]2CC[C@@H](N)C2)cc1. The first-order valence-electron chi connectivity index (χ1n) is 6.74. The molecule has 1 fully saturated rings. The fourth-order valence-electron chi connectivity index (χ4n) is 2.48. The van der Waals surface area contributed by atoms with Crippen LogP contribution < -0.4 is 10.5 Å². The number of benzene rings is 1. The van der Waals surface area contributed by atoms with Gasteiger partial charge in [0.05, 0.1) is 9.79 Å². The highest BCUT2D eigenvalue weighted by Crippen LogP contribution is 2.24. The second-order valence-corrected chi connectivity index (χ2v) is 9.32. The van der Waals surface area contributed by atoms with E-state index in [9.17, 15) is 16.8 Å². The number of rotatable bonds is 5. The summed E-state index contributed by atoms with van der Waals surface area (Å²) in [6.07, 6.45) is 3.76. The van der Waals surface area contributed by atoms with E-state index >= 15 is 0 Å². The molecule has 0 heterocycles. The van der Waals surface area contributed by atoms with Crippen LogP contribution in [-0.4, -0.2) is 35.7 Å². The Morgan fingerprint density at radius 3 is 2.14 bits per heavy atom. The summed E-state index contributed by atoms with van der Waals surface area (Å²) in [5.74, 6) is 0.269. The molecule has 3 N–H and O–H groups in total. The van der Waals surface area contributed by atoms with E-state index in [1.807, 2.05) is 0 Å². The summed E-state index contributed by atoms with van der Waals surface area (Å²) in [4.78, 5) is 0.167. The van der Waals surface area contributed by atoms with Crippen molar-refractivity contribution >= 4 is 19.9 Å². The summed E-state index contributed by atoms with van der Waals surface area (Å²) in [5, 5.41) is 0. The summed E-state index contributed by atoms with van der Waals surface area (Å²) in [6.45, 7) is 0.365. The zero-order valence-corrected chi connectivity index (χ0v) is 13.5. The van der Waals surface area contributed by atoms with Gasteiger partial charge in [-0.25, -0.2) is 21.6 Å². The van der Waals surface area contributed by atoms with E-state index in [2.05, 4.69) is 4.72 Å². The zero-order chi connectivity index (χ0) is 15.7. The molecule has 1 aliphatic rings. The van der Waals surface area contributed by atoms with Crippen LogP contribution in [-0.2, 0) is 19.9 Å². The Labute approximate surface area is 125 Å². The number of nitrogens with two attached hydrogens (primary N) is 1. The van der Waals surface area contributed by atoms with Gasteiger partial charge in [0.15, 0.2) is 9.84 Å². The van der Waals surface area contributed by atoms with Crippen molar-refractivity contribution in [2.45, 2.75) is 35.1 Å². The van der Waals surface area contributed by atoms with Crippen LogP contribution in [0.2, 0.25) is 0 Å². The van der Waals surface area contributed by atoms with Crippen molar-refractivity contribution < 1.29 is 16.8 Å². The van der Waals surface area contributed by atoms with Crippen LogP contribution in [0.15, 0.2) is 34.1 Å². The number of sulfone groups is 1. The van der Waals surface area contributed by atoms with Gasteiger partial charge in [-0.15, -0.1) is 0 Å². The van der Waals surface area contributed by atoms with E-state index in [1.54, 1.807) is 0 Å². The molecule has 0 aliphatic heterocycles. The third-order valence-electron chi connectivity index (χ3n) is 3.71. The van der Waals surface area contributed by atoms with Crippen LogP contribution in [0, 0.1) is 5.92 Å². The Bertz CT molecular complexity index is 696. The molecule has 1 saturated carbocycles. The second kappa shape index (κ2) is 6.04. The highest BCUT2D eigenvalue weighted by molar-refractivity contribution is 7.90. The van der Waals surface area contributed by atoms with Crippen LogP contribution in [0.3, 0.4) is 0 Å². The van der Waals surface area contributed by atoms with E-state index in [-0.39, 0.29) is 21.8 Å². The van der Waals surface area contributed by atoms with E-state index < -0.39 is 19.9 Å². The minimum atomic E-state index is -3.61. The van der Waals surface area contributed by atoms with Crippen molar-refractivity contribution in [3.8, 4) is 0 Å². The maximum absolute atomic E-state index is 12.1. The molecule has 118 valence electrons. The third kappa shape index (κ3) is 4.26. The molecule has 21 heavy (non-hydrogen) atoms. The number of hydrogen-bond acceptors (Lipinski definition) is 5. The Morgan fingerprint density at radius 1 is 1.10 bits per heavy atom. The van der Waals surface area contributed by atoms with Crippen LogP contribution >= 0.6 is 0 Å². The van der Waals surface area contributed by atoms with Crippen molar-refractivity contribution in [1.29, 1.82) is 0 Å². The van der Waals surface area contributed by atoms with Crippen molar-refractivity contribution in [1.82, 2.24) is 4.72 Å². The van der Waals surface area contributed by atoms with Gasteiger partial charge in [0.25, 0.3) is 0 Å². The van der Waals surface area contributed by atoms with Crippen molar-refractivity contribution in [2.24, 2.45) is 11.7 Å². The van der Waals surface area contributed by atoms with E-state index in [1.165, 1.54) is 24.3 Å². The predicted molar refractivity (Wildman–Crippen MR) is 80.1 cm³/mol. The summed E-state index contributed by atoms with van der Waals surface area (Å²) in [5.41, 5.74) is 5.80. The van der Waals surface area contributed by atoms with Gasteiger partial charge in [0, 0.05) is 18.8 Å². The highest BCUT2D eigenvalue weighted by atomic mass is 32.2. The zero-order valence-electron chi connectivity index (χ0n) is 11.8. The first-order valence-corrected chi connectivity index (χ1v) is 10.1. The minimum Gasteiger partial charge on any atom is -0.328 e. The van der Waals surface area contributed by atoms with Crippen molar-refractivity contribution in [3.63, 3.8) is 0 Å². The predicted octanol–water partition coefficient (Wildman–Crippen LogP) is 0.496. The smallest absolute Gasteiger partial charge is 0.240 e. The van der Waals surface area contributed by atoms with E-state index in [4.69, 9.17) is 5.73 Å². The first-order chi connectivity index (χ1) is 9.68. The quantitative estimate of drug-likeness (QED) is 0.816. The first kappa shape index (κ1) is 16.4. The molecule has 0 aromatic heterocycles. The average molecular weight is 332 g/mol. The molecule has 0 unspecified atom stereocenters. The van der Waals surface area contributed by atoms with Gasteiger partial charge in [0.1, 0.15) is 0 Å². The molecule has 6 nitrogen and oxygen atoms in total. The Morgan fingerprint density at radius 2 is 1.67 bits per heavy atom. The topological polar surface area (TPSA) is 106 Å². The Kier molecular flexibility index (Phi) is 4.72. The van der Waals surface area contributed by atoms with Gasteiger partial charge in [-0.3, -0.25) is 0 Å². The lowest BCUT2D eigenvalue weighted by molar-refractivity contribution is 0.512. The van der Waals surface area contributed by atoms with Gasteiger partial charge in [-0.1, -0.05) is 0 Å². The second-order valence-electron chi connectivity index (χ2n) is 5.53. The number of nitrogens with one attached hydrogen (secondary N) is 1. The Hall–Kier alpha value is -0.960. The molecular formula is C13H20N2O4S2. The van der Waals surface area contributed by atoms with Gasteiger partial charge < -0.3 is 5.73 Å². The molecule has 0 spiro atoms. The lowest BCUT2D eigenvalue weighted by Gasteiger charge is -2.12. The van der Waals surface area contributed by atoms with Crippen LogP contribution in [0.4, 0.5) is 0 Å². The molecule has 0 bridgehead atoms. The molecule has 2 atom stereocenters. The van der Waals surface area contributed by atoms with Crippen LogP contribution in [0.5, 0.6) is 0 Å². The third-order valence-corrected chi connectivity index (χ3v) is 6.27. The molecule has 2 rings (SSSR count). The highest BCUT2D eigenvalue weighted by Gasteiger charge is 2.24. The lowest BCUT2D eigenvalue weighted by atomic mass is 10.1. The lowest BCUT2D eigenvalue weighted by Crippen LogP contribution is -2.29. The molecule has 1 aromatic rings. The molecule has 0 amide bonds. The largest absolute Gasteiger partial charge is 0.328 e. The molecule has 1 aliphatic carbocycles. The monoisotopic (exact) mass is 332 g/mol. The fraction of sp³-hybridized carbons (Fsp3) is 0.538. The maximum atomic E-state index is 12.1. The van der Waals surface area contributed by atoms with Gasteiger partial charge in [-0.2, -0.15) is 0 Å². The molecule has 1 aromatic carbocycles. The van der Waals surface area contributed by atoms with E-state index in [0.717, 1.165) is 25.5 Å².